The van der Waals surface area contributed by atoms with Crippen molar-refractivity contribution < 1.29 is 9.53 Å². The quantitative estimate of drug-likeness (QED) is 0.215. The lowest BCUT2D eigenvalue weighted by Crippen LogP contribution is -1.95. The van der Waals surface area contributed by atoms with E-state index < -0.39 is 0 Å². The Morgan fingerprint density at radius 1 is 0.792 bits per heavy atom. The molecule has 0 unspecified atom stereocenters. The SMILES string of the molecule is CCCCCCCCCCCCCCCCOc1ccc(C=O)s1. The van der Waals surface area contributed by atoms with Crippen molar-refractivity contribution >= 4 is 17.6 Å². The minimum atomic E-state index is 0.742. The molecule has 0 N–H and O–H groups in total. The van der Waals surface area contributed by atoms with Gasteiger partial charge in [-0.15, -0.1) is 0 Å². The summed E-state index contributed by atoms with van der Waals surface area (Å²) in [7, 11) is 0. The van der Waals surface area contributed by atoms with E-state index in [1.807, 2.05) is 12.1 Å². The van der Waals surface area contributed by atoms with Crippen LogP contribution in [0, 0.1) is 0 Å². The third-order valence-electron chi connectivity index (χ3n) is 4.46. The van der Waals surface area contributed by atoms with Crippen LogP contribution in [0.25, 0.3) is 0 Å². The van der Waals surface area contributed by atoms with Crippen molar-refractivity contribution in [3.63, 3.8) is 0 Å². The Bertz CT molecular complexity index is 400. The van der Waals surface area contributed by atoms with Crippen molar-refractivity contribution in [2.75, 3.05) is 6.61 Å². The average Bonchev–Trinajstić information content (AvgIpc) is 3.06. The number of ether oxygens (including phenoxy) is 1. The fraction of sp³-hybridized carbons (Fsp3) is 0.762. The van der Waals surface area contributed by atoms with Gasteiger partial charge in [-0.25, -0.2) is 0 Å². The summed E-state index contributed by atoms with van der Waals surface area (Å²) >= 11 is 1.43. The molecule has 1 aromatic heterocycles. The molecule has 24 heavy (non-hydrogen) atoms. The number of hydrogen-bond donors (Lipinski definition) is 0. The predicted octanol–water partition coefficient (Wildman–Crippen LogP) is 7.42. The Kier molecular flexibility index (Phi) is 13.9. The molecule has 2 nitrogen and oxygen atoms in total. The number of unbranched alkanes of at least 4 members (excludes halogenated alkanes) is 13. The lowest BCUT2D eigenvalue weighted by molar-refractivity contribution is 0.112. The summed E-state index contributed by atoms with van der Waals surface area (Å²) in [5.74, 6) is 0. The van der Waals surface area contributed by atoms with Crippen molar-refractivity contribution in [1.29, 1.82) is 0 Å². The smallest absolute Gasteiger partial charge is 0.174 e. The summed E-state index contributed by atoms with van der Waals surface area (Å²) in [6.45, 7) is 3.05. The zero-order valence-electron chi connectivity index (χ0n) is 15.6. The molecule has 0 bridgehead atoms. The molecule has 3 heteroatoms. The minimum Gasteiger partial charge on any atom is -0.484 e. The van der Waals surface area contributed by atoms with E-state index in [-0.39, 0.29) is 0 Å². The molecule has 0 fully saturated rings. The topological polar surface area (TPSA) is 26.3 Å². The molecule has 0 saturated carbocycles. The Hall–Kier alpha value is -0.830. The van der Waals surface area contributed by atoms with Gasteiger partial charge < -0.3 is 4.74 Å². The zero-order chi connectivity index (χ0) is 17.3. The van der Waals surface area contributed by atoms with E-state index in [0.29, 0.717) is 0 Å². The number of carbonyl (C=O) groups excluding carboxylic acids is 1. The summed E-state index contributed by atoms with van der Waals surface area (Å²) in [6, 6.07) is 3.70. The summed E-state index contributed by atoms with van der Waals surface area (Å²) < 4.78 is 5.66. The van der Waals surface area contributed by atoms with Crippen LogP contribution in [-0.2, 0) is 0 Å². The summed E-state index contributed by atoms with van der Waals surface area (Å²) in [5, 5.41) is 0.867. The second kappa shape index (κ2) is 15.7. The van der Waals surface area contributed by atoms with Gasteiger partial charge in [-0.05, 0) is 18.6 Å². The molecule has 0 aliphatic rings. The maximum atomic E-state index is 10.6. The normalized spacial score (nSPS) is 10.9. The van der Waals surface area contributed by atoms with Gasteiger partial charge in [0.15, 0.2) is 11.3 Å². The first-order chi connectivity index (χ1) is 11.9. The van der Waals surface area contributed by atoms with Crippen LogP contribution in [0.4, 0.5) is 0 Å². The van der Waals surface area contributed by atoms with Crippen LogP contribution in [0.3, 0.4) is 0 Å². The van der Waals surface area contributed by atoms with E-state index in [2.05, 4.69) is 6.92 Å². The van der Waals surface area contributed by atoms with Crippen LogP contribution < -0.4 is 4.74 Å². The maximum absolute atomic E-state index is 10.6. The first-order valence-corrected chi connectivity index (χ1v) is 10.9. The van der Waals surface area contributed by atoms with Gasteiger partial charge in [0, 0.05) is 0 Å². The standard InChI is InChI=1S/C21H36O2S/c1-2-3-4-5-6-7-8-9-10-11-12-13-14-15-18-23-21-17-16-20(19-22)24-21/h16-17,19H,2-15,18H2,1H3. The number of thiophene rings is 1. The van der Waals surface area contributed by atoms with E-state index in [9.17, 15) is 4.79 Å². The molecule has 1 heterocycles. The molecule has 0 saturated heterocycles. The molecule has 0 aliphatic heterocycles. The fourth-order valence-corrected chi connectivity index (χ4v) is 3.64. The number of hydrogen-bond acceptors (Lipinski definition) is 3. The van der Waals surface area contributed by atoms with Gasteiger partial charge >= 0.3 is 0 Å². The molecule has 1 rings (SSSR count). The minimum absolute atomic E-state index is 0.742. The van der Waals surface area contributed by atoms with Crippen LogP contribution in [0.1, 0.15) is 106 Å². The highest BCUT2D eigenvalue weighted by Gasteiger charge is 1.99. The van der Waals surface area contributed by atoms with E-state index in [1.54, 1.807) is 0 Å². The number of carbonyl (C=O) groups is 1. The lowest BCUT2D eigenvalue weighted by atomic mass is 10.0. The highest BCUT2D eigenvalue weighted by Crippen LogP contribution is 2.23. The predicted molar refractivity (Wildman–Crippen MR) is 106 cm³/mol. The van der Waals surface area contributed by atoms with Gasteiger partial charge in [0.2, 0.25) is 0 Å². The van der Waals surface area contributed by atoms with Crippen molar-refractivity contribution in [3.8, 4) is 5.06 Å². The van der Waals surface area contributed by atoms with Gasteiger partial charge in [-0.1, -0.05) is 102 Å². The maximum Gasteiger partial charge on any atom is 0.174 e. The summed E-state index contributed by atoms with van der Waals surface area (Å²) in [4.78, 5) is 11.3. The summed E-state index contributed by atoms with van der Waals surface area (Å²) in [6.07, 6.45) is 20.1. The molecule has 0 spiro atoms. The van der Waals surface area contributed by atoms with E-state index in [4.69, 9.17) is 4.74 Å². The molecule has 0 aromatic carbocycles. The second-order valence-electron chi connectivity index (χ2n) is 6.72. The Morgan fingerprint density at radius 3 is 1.75 bits per heavy atom. The van der Waals surface area contributed by atoms with Gasteiger partial charge in [0.25, 0.3) is 0 Å². The highest BCUT2D eigenvalue weighted by molar-refractivity contribution is 7.15. The molecule has 0 aliphatic carbocycles. The van der Waals surface area contributed by atoms with Crippen molar-refractivity contribution in [2.24, 2.45) is 0 Å². The third-order valence-corrected chi connectivity index (χ3v) is 5.38. The van der Waals surface area contributed by atoms with Crippen LogP contribution >= 0.6 is 11.3 Å². The molecular weight excluding hydrogens is 316 g/mol. The molecule has 0 atom stereocenters. The lowest BCUT2D eigenvalue weighted by Gasteiger charge is -2.04. The molecule has 0 radical (unpaired) electrons. The third kappa shape index (κ3) is 11.7. The first-order valence-electron chi connectivity index (χ1n) is 10.0. The zero-order valence-corrected chi connectivity index (χ0v) is 16.4. The fourth-order valence-electron chi connectivity index (χ4n) is 2.94. The molecular formula is C21H36O2S. The van der Waals surface area contributed by atoms with Crippen molar-refractivity contribution in [3.05, 3.63) is 17.0 Å². The van der Waals surface area contributed by atoms with Gasteiger partial charge in [-0.2, -0.15) is 0 Å². The largest absolute Gasteiger partial charge is 0.484 e. The van der Waals surface area contributed by atoms with Crippen molar-refractivity contribution in [1.82, 2.24) is 0 Å². The van der Waals surface area contributed by atoms with Gasteiger partial charge in [0.1, 0.15) is 0 Å². The van der Waals surface area contributed by atoms with Crippen LogP contribution in [0.2, 0.25) is 0 Å². The number of rotatable bonds is 17. The molecule has 0 amide bonds. The van der Waals surface area contributed by atoms with E-state index in [1.165, 1.54) is 94.8 Å². The first kappa shape index (κ1) is 21.2. The average molecular weight is 353 g/mol. The Labute approximate surface area is 153 Å². The number of aldehydes is 1. The van der Waals surface area contributed by atoms with Crippen LogP contribution in [0.15, 0.2) is 12.1 Å². The van der Waals surface area contributed by atoms with Gasteiger partial charge in [0.05, 0.1) is 11.5 Å². The van der Waals surface area contributed by atoms with E-state index in [0.717, 1.165) is 29.3 Å². The Morgan fingerprint density at radius 2 is 1.29 bits per heavy atom. The Balaban J connectivity index is 1.75. The van der Waals surface area contributed by atoms with Crippen LogP contribution in [-0.4, -0.2) is 12.9 Å². The van der Waals surface area contributed by atoms with Crippen molar-refractivity contribution in [2.45, 2.75) is 96.8 Å². The van der Waals surface area contributed by atoms with Gasteiger partial charge in [-0.3, -0.25) is 4.79 Å². The highest BCUT2D eigenvalue weighted by atomic mass is 32.1. The summed E-state index contributed by atoms with van der Waals surface area (Å²) in [5.41, 5.74) is 0. The van der Waals surface area contributed by atoms with E-state index >= 15 is 0 Å². The monoisotopic (exact) mass is 352 g/mol. The molecule has 138 valence electrons. The molecule has 1 aromatic rings. The second-order valence-corrected chi connectivity index (χ2v) is 7.80. The van der Waals surface area contributed by atoms with Crippen LogP contribution in [0.5, 0.6) is 5.06 Å².